The zero-order valence-corrected chi connectivity index (χ0v) is 16.2. The van der Waals surface area contributed by atoms with E-state index in [-0.39, 0.29) is 5.91 Å². The lowest BCUT2D eigenvalue weighted by atomic mass is 9.90. The first-order valence-corrected chi connectivity index (χ1v) is 10.5. The van der Waals surface area contributed by atoms with Crippen LogP contribution in [0.4, 0.5) is 0 Å². The first-order valence-electron chi connectivity index (χ1n) is 10.5. The quantitative estimate of drug-likeness (QED) is 0.796. The zero-order valence-electron chi connectivity index (χ0n) is 16.2. The molecule has 0 N–H and O–H groups in total. The first kappa shape index (κ1) is 17.7. The van der Waals surface area contributed by atoms with Crippen LogP contribution in [-0.2, 0) is 0 Å². The average Bonchev–Trinajstić information content (AvgIpc) is 3.11. The molecule has 0 unspecified atom stereocenters. The van der Waals surface area contributed by atoms with Crippen LogP contribution < -0.4 is 4.74 Å². The summed E-state index contributed by atoms with van der Waals surface area (Å²) in [6, 6.07) is 8.72. The van der Waals surface area contributed by atoms with E-state index in [1.807, 2.05) is 24.3 Å². The van der Waals surface area contributed by atoms with Gasteiger partial charge in [-0.3, -0.25) is 4.79 Å². The maximum absolute atomic E-state index is 12.2. The Balaban J connectivity index is 1.17. The number of carbonyl (C=O) groups is 1. The van der Waals surface area contributed by atoms with Gasteiger partial charge < -0.3 is 14.5 Å². The molecule has 2 saturated heterocycles. The Labute approximate surface area is 165 Å². The summed E-state index contributed by atoms with van der Waals surface area (Å²) in [5, 5.41) is 8.14. The van der Waals surface area contributed by atoms with Crippen LogP contribution in [0.1, 0.15) is 49.0 Å². The lowest BCUT2D eigenvalue weighted by Gasteiger charge is -2.41. The largest absolute Gasteiger partial charge is 0.490 e. The second-order valence-electron chi connectivity index (χ2n) is 8.13. The number of likely N-dealkylation sites (tertiary alicyclic amines) is 2. The average molecular weight is 381 g/mol. The molecule has 2 aliphatic heterocycles. The number of amides is 1. The summed E-state index contributed by atoms with van der Waals surface area (Å²) in [4.78, 5) is 16.7. The van der Waals surface area contributed by atoms with Crippen molar-refractivity contribution in [1.82, 2.24) is 24.8 Å². The van der Waals surface area contributed by atoms with Crippen LogP contribution in [0.2, 0.25) is 0 Å². The molecule has 7 heteroatoms. The van der Waals surface area contributed by atoms with Crippen molar-refractivity contribution in [2.75, 3.05) is 26.2 Å². The third-order valence-electron chi connectivity index (χ3n) is 6.33. The summed E-state index contributed by atoms with van der Waals surface area (Å²) in [5.74, 6) is 0.855. The summed E-state index contributed by atoms with van der Waals surface area (Å²) >= 11 is 0. The number of carbonyl (C=O) groups excluding carboxylic acids is 1. The van der Waals surface area contributed by atoms with Gasteiger partial charge in [0.25, 0.3) is 5.91 Å². The fraction of sp³-hybridized carbons (Fsp3) is 0.571. The lowest BCUT2D eigenvalue weighted by molar-refractivity contribution is 0.0493. The van der Waals surface area contributed by atoms with Crippen LogP contribution in [0.3, 0.4) is 0 Å². The Kier molecular flexibility index (Phi) is 4.76. The van der Waals surface area contributed by atoms with Gasteiger partial charge in [-0.1, -0.05) is 11.6 Å². The van der Waals surface area contributed by atoms with Crippen LogP contribution in [0.5, 0.6) is 5.75 Å². The van der Waals surface area contributed by atoms with E-state index < -0.39 is 0 Å². The highest BCUT2D eigenvalue weighted by Crippen LogP contribution is 2.28. The molecule has 28 heavy (non-hydrogen) atoms. The van der Waals surface area contributed by atoms with E-state index in [0.717, 1.165) is 62.9 Å². The van der Waals surface area contributed by atoms with Gasteiger partial charge in [-0.15, -0.1) is 5.10 Å². The molecule has 7 nitrogen and oxygen atoms in total. The highest BCUT2D eigenvalue weighted by molar-refractivity contribution is 5.92. The minimum atomic E-state index is -0.0364. The van der Waals surface area contributed by atoms with Crippen molar-refractivity contribution in [3.63, 3.8) is 0 Å². The molecule has 3 fully saturated rings. The van der Waals surface area contributed by atoms with Crippen LogP contribution in [-0.4, -0.2) is 69.0 Å². The van der Waals surface area contributed by atoms with Crippen molar-refractivity contribution >= 4 is 5.91 Å². The topological polar surface area (TPSA) is 63.5 Å². The maximum atomic E-state index is 12.2. The number of hydrogen-bond acceptors (Lipinski definition) is 5. The van der Waals surface area contributed by atoms with E-state index >= 15 is 0 Å². The Morgan fingerprint density at radius 3 is 2.32 bits per heavy atom. The smallest absolute Gasteiger partial charge is 0.276 e. The molecular formula is C21H27N5O2. The van der Waals surface area contributed by atoms with Gasteiger partial charge in [0.05, 0.1) is 11.9 Å². The van der Waals surface area contributed by atoms with Crippen molar-refractivity contribution in [2.45, 2.75) is 50.7 Å². The van der Waals surface area contributed by atoms with Crippen molar-refractivity contribution in [1.29, 1.82) is 0 Å². The Morgan fingerprint density at radius 2 is 1.71 bits per heavy atom. The highest BCUT2D eigenvalue weighted by Gasteiger charge is 2.29. The monoisotopic (exact) mass is 381 g/mol. The SMILES string of the molecule is O=C(c1cn(-c2ccc(OC3CCN(C4CCC4)CC3)cc2)nn1)N1CCC1. The molecule has 1 aromatic carbocycles. The molecule has 3 aliphatic rings. The van der Waals surface area contributed by atoms with Gasteiger partial charge in [0.15, 0.2) is 5.69 Å². The number of ether oxygens (including phenoxy) is 1. The molecule has 3 heterocycles. The van der Waals surface area contributed by atoms with Crippen molar-refractivity contribution in [2.24, 2.45) is 0 Å². The van der Waals surface area contributed by atoms with Gasteiger partial charge in [-0.05, 0) is 56.4 Å². The highest BCUT2D eigenvalue weighted by atomic mass is 16.5. The number of benzene rings is 1. The normalized spacial score (nSPS) is 21.2. The van der Waals surface area contributed by atoms with Gasteiger partial charge in [0, 0.05) is 32.2 Å². The van der Waals surface area contributed by atoms with E-state index in [4.69, 9.17) is 4.74 Å². The minimum absolute atomic E-state index is 0.0364. The fourth-order valence-corrected chi connectivity index (χ4v) is 4.15. The van der Waals surface area contributed by atoms with Gasteiger partial charge in [-0.25, -0.2) is 4.68 Å². The number of aromatic nitrogens is 3. The molecule has 5 rings (SSSR count). The molecule has 0 spiro atoms. The molecule has 1 amide bonds. The Hall–Kier alpha value is -2.41. The number of rotatable bonds is 5. The second-order valence-corrected chi connectivity index (χ2v) is 8.13. The third kappa shape index (κ3) is 3.51. The van der Waals surface area contributed by atoms with E-state index in [1.165, 1.54) is 19.3 Å². The van der Waals surface area contributed by atoms with E-state index in [1.54, 1.807) is 15.8 Å². The van der Waals surface area contributed by atoms with Crippen molar-refractivity contribution in [3.8, 4) is 11.4 Å². The van der Waals surface area contributed by atoms with Crippen molar-refractivity contribution < 1.29 is 9.53 Å². The standard InChI is InChI=1S/C21H27N5O2/c27-21(25-11-2-12-25)20-15-26(23-22-20)17-5-7-18(8-6-17)28-19-9-13-24(14-10-19)16-3-1-4-16/h5-8,15-16,19H,1-4,9-14H2. The Morgan fingerprint density at radius 1 is 0.964 bits per heavy atom. The predicted octanol–water partition coefficient (Wildman–Crippen LogP) is 2.51. The summed E-state index contributed by atoms with van der Waals surface area (Å²) in [6.07, 6.45) is 9.42. The second kappa shape index (κ2) is 7.54. The predicted molar refractivity (Wildman–Crippen MR) is 105 cm³/mol. The van der Waals surface area contributed by atoms with Crippen LogP contribution in [0, 0.1) is 0 Å². The summed E-state index contributed by atoms with van der Waals surface area (Å²) in [5.41, 5.74) is 1.28. The molecule has 1 saturated carbocycles. The van der Waals surface area contributed by atoms with E-state index in [0.29, 0.717) is 11.8 Å². The van der Waals surface area contributed by atoms with Gasteiger partial charge >= 0.3 is 0 Å². The minimum Gasteiger partial charge on any atom is -0.490 e. The summed E-state index contributed by atoms with van der Waals surface area (Å²) in [7, 11) is 0. The molecular weight excluding hydrogens is 354 g/mol. The summed E-state index contributed by atoms with van der Waals surface area (Å²) < 4.78 is 7.84. The number of nitrogens with zero attached hydrogens (tertiary/aromatic N) is 5. The van der Waals surface area contributed by atoms with E-state index in [9.17, 15) is 4.79 Å². The molecule has 2 aromatic rings. The molecule has 148 valence electrons. The maximum Gasteiger partial charge on any atom is 0.276 e. The molecule has 1 aliphatic carbocycles. The van der Waals surface area contributed by atoms with Gasteiger partial charge in [0.2, 0.25) is 0 Å². The van der Waals surface area contributed by atoms with Crippen LogP contribution >= 0.6 is 0 Å². The van der Waals surface area contributed by atoms with Crippen LogP contribution in [0.25, 0.3) is 5.69 Å². The molecule has 0 radical (unpaired) electrons. The van der Waals surface area contributed by atoms with Crippen LogP contribution in [0.15, 0.2) is 30.5 Å². The molecule has 0 atom stereocenters. The van der Waals surface area contributed by atoms with Crippen molar-refractivity contribution in [3.05, 3.63) is 36.2 Å². The van der Waals surface area contributed by atoms with E-state index in [2.05, 4.69) is 15.2 Å². The lowest BCUT2D eigenvalue weighted by Crippen LogP contribution is -2.46. The number of hydrogen-bond donors (Lipinski definition) is 0. The molecule has 0 bridgehead atoms. The summed E-state index contributed by atoms with van der Waals surface area (Å²) in [6.45, 7) is 3.94. The Bertz CT molecular complexity index is 818. The third-order valence-corrected chi connectivity index (χ3v) is 6.33. The first-order chi connectivity index (χ1) is 13.8. The van der Waals surface area contributed by atoms with Gasteiger partial charge in [0.1, 0.15) is 11.9 Å². The zero-order chi connectivity index (χ0) is 18.9. The fourth-order valence-electron chi connectivity index (χ4n) is 4.15. The van der Waals surface area contributed by atoms with Gasteiger partial charge in [-0.2, -0.15) is 0 Å². The number of piperidine rings is 1. The molecule has 1 aromatic heterocycles.